The Morgan fingerprint density at radius 1 is 1.42 bits per heavy atom. The van der Waals surface area contributed by atoms with Gasteiger partial charge in [0, 0.05) is 31.5 Å². The molecule has 0 aromatic carbocycles. The number of rotatable bonds is 7. The van der Waals surface area contributed by atoms with E-state index >= 15 is 0 Å². The molecule has 108 valence electrons. The van der Waals surface area contributed by atoms with Gasteiger partial charge in [-0.1, -0.05) is 6.92 Å². The first kappa shape index (κ1) is 14.5. The van der Waals surface area contributed by atoms with Crippen molar-refractivity contribution in [2.45, 2.75) is 45.7 Å². The van der Waals surface area contributed by atoms with Gasteiger partial charge >= 0.3 is 0 Å². The van der Waals surface area contributed by atoms with Gasteiger partial charge in [0.25, 0.3) is 0 Å². The van der Waals surface area contributed by atoms with Crippen LogP contribution in [0.5, 0.6) is 0 Å². The van der Waals surface area contributed by atoms with Crippen molar-refractivity contribution in [3.63, 3.8) is 0 Å². The third-order valence-corrected chi connectivity index (χ3v) is 4.17. The van der Waals surface area contributed by atoms with Crippen LogP contribution in [0.15, 0.2) is 18.5 Å². The maximum atomic E-state index is 4.27. The first-order valence-electron chi connectivity index (χ1n) is 7.72. The van der Waals surface area contributed by atoms with Crippen molar-refractivity contribution in [1.82, 2.24) is 20.0 Å². The largest absolute Gasteiger partial charge is 0.314 e. The van der Waals surface area contributed by atoms with E-state index in [1.807, 2.05) is 23.1 Å². The van der Waals surface area contributed by atoms with Crippen LogP contribution in [0.1, 0.15) is 33.1 Å². The zero-order chi connectivity index (χ0) is 13.5. The van der Waals surface area contributed by atoms with Gasteiger partial charge in [-0.15, -0.1) is 0 Å². The van der Waals surface area contributed by atoms with Gasteiger partial charge in [0.2, 0.25) is 0 Å². The maximum absolute atomic E-state index is 4.27. The number of aromatic nitrogens is 2. The summed E-state index contributed by atoms with van der Waals surface area (Å²) >= 11 is 0. The van der Waals surface area contributed by atoms with Crippen LogP contribution in [-0.4, -0.2) is 46.9 Å². The summed E-state index contributed by atoms with van der Waals surface area (Å²) in [5.41, 5.74) is 0. The summed E-state index contributed by atoms with van der Waals surface area (Å²) in [4.78, 5) is 2.60. The van der Waals surface area contributed by atoms with E-state index in [1.165, 1.54) is 32.4 Å². The molecule has 0 radical (unpaired) electrons. The van der Waals surface area contributed by atoms with E-state index in [0.29, 0.717) is 6.04 Å². The molecule has 1 aromatic heterocycles. The van der Waals surface area contributed by atoms with Crippen LogP contribution in [0.3, 0.4) is 0 Å². The molecule has 0 saturated carbocycles. The van der Waals surface area contributed by atoms with Crippen LogP contribution >= 0.6 is 0 Å². The molecule has 1 aliphatic heterocycles. The number of nitrogens with one attached hydrogen (secondary N) is 1. The molecule has 4 nitrogen and oxygen atoms in total. The average Bonchev–Trinajstić information content (AvgIpc) is 2.96. The molecule has 2 atom stereocenters. The Balaban J connectivity index is 1.73. The number of hydrogen-bond acceptors (Lipinski definition) is 3. The van der Waals surface area contributed by atoms with Gasteiger partial charge in [-0.25, -0.2) is 0 Å². The van der Waals surface area contributed by atoms with Gasteiger partial charge in [0.1, 0.15) is 0 Å². The lowest BCUT2D eigenvalue weighted by Crippen LogP contribution is -2.45. The number of nitrogens with zero attached hydrogens (tertiary/aromatic N) is 3. The Bertz CT molecular complexity index is 336. The molecule has 19 heavy (non-hydrogen) atoms. The van der Waals surface area contributed by atoms with Crippen molar-refractivity contribution in [3.05, 3.63) is 18.5 Å². The standard InChI is InChI=1S/C15H28N4/c1-3-7-16-14(2)15-6-4-9-18(13-15)11-12-19-10-5-8-17-19/h5,8,10,14-16H,3-4,6-7,9,11-13H2,1-2H3. The smallest absolute Gasteiger partial charge is 0.0536 e. The molecule has 1 fully saturated rings. The second-order valence-corrected chi connectivity index (χ2v) is 5.71. The summed E-state index contributed by atoms with van der Waals surface area (Å²) in [6.45, 7) is 10.3. The van der Waals surface area contributed by atoms with Crippen LogP contribution in [0.2, 0.25) is 0 Å². The minimum absolute atomic E-state index is 0.646. The zero-order valence-electron chi connectivity index (χ0n) is 12.4. The molecular weight excluding hydrogens is 236 g/mol. The molecule has 0 bridgehead atoms. The molecule has 0 amide bonds. The molecule has 2 heterocycles. The van der Waals surface area contributed by atoms with Crippen molar-refractivity contribution < 1.29 is 0 Å². The molecule has 1 saturated heterocycles. The first-order valence-corrected chi connectivity index (χ1v) is 7.72. The van der Waals surface area contributed by atoms with E-state index in [4.69, 9.17) is 0 Å². The van der Waals surface area contributed by atoms with E-state index in [0.717, 1.165) is 25.6 Å². The molecule has 4 heteroatoms. The summed E-state index contributed by atoms with van der Waals surface area (Å²) in [6, 6.07) is 2.64. The fourth-order valence-electron chi connectivity index (χ4n) is 2.92. The maximum Gasteiger partial charge on any atom is 0.0536 e. The highest BCUT2D eigenvalue weighted by Crippen LogP contribution is 2.19. The minimum Gasteiger partial charge on any atom is -0.314 e. The van der Waals surface area contributed by atoms with Crippen LogP contribution in [0.25, 0.3) is 0 Å². The zero-order valence-corrected chi connectivity index (χ0v) is 12.4. The summed E-state index contributed by atoms with van der Waals surface area (Å²) < 4.78 is 2.03. The summed E-state index contributed by atoms with van der Waals surface area (Å²) in [5.74, 6) is 0.804. The van der Waals surface area contributed by atoms with Crippen LogP contribution in [-0.2, 0) is 6.54 Å². The first-order chi connectivity index (χ1) is 9.29. The molecule has 0 aliphatic carbocycles. The predicted octanol–water partition coefficient (Wildman–Crippen LogP) is 1.98. The van der Waals surface area contributed by atoms with Gasteiger partial charge in [-0.3, -0.25) is 4.68 Å². The van der Waals surface area contributed by atoms with Crippen molar-refractivity contribution in [3.8, 4) is 0 Å². The average molecular weight is 264 g/mol. The quantitative estimate of drug-likeness (QED) is 0.817. The van der Waals surface area contributed by atoms with Crippen LogP contribution in [0.4, 0.5) is 0 Å². The normalized spacial score (nSPS) is 22.5. The summed E-state index contributed by atoms with van der Waals surface area (Å²) in [7, 11) is 0. The predicted molar refractivity (Wildman–Crippen MR) is 79.1 cm³/mol. The number of piperidine rings is 1. The molecule has 2 rings (SSSR count). The number of hydrogen-bond donors (Lipinski definition) is 1. The summed E-state index contributed by atoms with van der Waals surface area (Å²) in [5, 5.41) is 7.92. The Morgan fingerprint density at radius 2 is 2.32 bits per heavy atom. The highest BCUT2D eigenvalue weighted by atomic mass is 15.3. The molecule has 2 unspecified atom stereocenters. The Morgan fingerprint density at radius 3 is 3.05 bits per heavy atom. The molecule has 1 N–H and O–H groups in total. The monoisotopic (exact) mass is 264 g/mol. The van der Waals surface area contributed by atoms with E-state index in [1.54, 1.807) is 0 Å². The molecule has 1 aliphatic rings. The summed E-state index contributed by atoms with van der Waals surface area (Å²) in [6.07, 6.45) is 7.83. The van der Waals surface area contributed by atoms with Crippen molar-refractivity contribution in [1.29, 1.82) is 0 Å². The molecule has 1 aromatic rings. The lowest BCUT2D eigenvalue weighted by molar-refractivity contribution is 0.145. The van der Waals surface area contributed by atoms with Gasteiger partial charge in [0.15, 0.2) is 0 Å². The Hall–Kier alpha value is -0.870. The van der Waals surface area contributed by atoms with E-state index in [-0.39, 0.29) is 0 Å². The van der Waals surface area contributed by atoms with Gasteiger partial charge in [-0.05, 0) is 51.3 Å². The Labute approximate surface area is 117 Å². The lowest BCUT2D eigenvalue weighted by atomic mass is 9.91. The van der Waals surface area contributed by atoms with E-state index in [9.17, 15) is 0 Å². The minimum atomic E-state index is 0.646. The highest BCUT2D eigenvalue weighted by molar-refractivity contribution is 4.81. The molecule has 0 spiro atoms. The Kier molecular flexibility index (Phi) is 5.86. The number of likely N-dealkylation sites (tertiary alicyclic amines) is 1. The third-order valence-electron chi connectivity index (χ3n) is 4.17. The van der Waals surface area contributed by atoms with Crippen LogP contribution in [0, 0.1) is 5.92 Å². The fraction of sp³-hybridized carbons (Fsp3) is 0.800. The second-order valence-electron chi connectivity index (χ2n) is 5.71. The topological polar surface area (TPSA) is 33.1 Å². The van der Waals surface area contributed by atoms with E-state index in [2.05, 4.69) is 29.2 Å². The fourth-order valence-corrected chi connectivity index (χ4v) is 2.92. The van der Waals surface area contributed by atoms with Crippen molar-refractivity contribution in [2.24, 2.45) is 5.92 Å². The van der Waals surface area contributed by atoms with Gasteiger partial charge in [0.05, 0.1) is 6.54 Å². The molecular formula is C15H28N4. The van der Waals surface area contributed by atoms with Crippen molar-refractivity contribution >= 4 is 0 Å². The SMILES string of the molecule is CCCNC(C)C1CCCN(CCn2cccn2)C1. The second kappa shape index (κ2) is 7.65. The highest BCUT2D eigenvalue weighted by Gasteiger charge is 2.23. The van der Waals surface area contributed by atoms with E-state index < -0.39 is 0 Å². The van der Waals surface area contributed by atoms with Gasteiger partial charge < -0.3 is 10.2 Å². The van der Waals surface area contributed by atoms with Crippen LogP contribution < -0.4 is 5.32 Å². The van der Waals surface area contributed by atoms with Crippen molar-refractivity contribution in [2.75, 3.05) is 26.2 Å². The third kappa shape index (κ3) is 4.62. The lowest BCUT2D eigenvalue weighted by Gasteiger charge is -2.36. The van der Waals surface area contributed by atoms with Gasteiger partial charge in [-0.2, -0.15) is 5.10 Å².